The summed E-state index contributed by atoms with van der Waals surface area (Å²) in [4.78, 5) is 11.9. The lowest BCUT2D eigenvalue weighted by Gasteiger charge is -2.09. The van der Waals surface area contributed by atoms with E-state index in [1.807, 2.05) is 61.0 Å². The third kappa shape index (κ3) is 2.62. The third-order valence-corrected chi connectivity index (χ3v) is 2.83. The van der Waals surface area contributed by atoms with Crippen LogP contribution in [-0.4, -0.2) is 17.1 Å². The molecule has 0 amide bonds. The van der Waals surface area contributed by atoms with Gasteiger partial charge in [0.2, 0.25) is 0 Å². The molecule has 0 radical (unpaired) electrons. The molecule has 0 aliphatic rings. The van der Waals surface area contributed by atoms with Crippen molar-refractivity contribution >= 4 is 5.97 Å². The van der Waals surface area contributed by atoms with Crippen molar-refractivity contribution in [2.24, 2.45) is 0 Å². The highest BCUT2D eigenvalue weighted by atomic mass is 16.5. The Labute approximate surface area is 107 Å². The van der Waals surface area contributed by atoms with Crippen molar-refractivity contribution in [3.63, 3.8) is 0 Å². The smallest absolute Gasteiger partial charge is 0.355 e. The summed E-state index contributed by atoms with van der Waals surface area (Å²) >= 11 is 0. The molecule has 0 fully saturated rings. The Morgan fingerprint density at radius 3 is 2.61 bits per heavy atom. The summed E-state index contributed by atoms with van der Waals surface area (Å²) in [5.74, 6) is -0.254. The maximum absolute atomic E-state index is 11.9. The zero-order chi connectivity index (χ0) is 13.0. The number of hydrogen-bond acceptors (Lipinski definition) is 2. The molecule has 18 heavy (non-hydrogen) atoms. The molecule has 0 unspecified atom stereocenters. The molecule has 0 aliphatic carbocycles. The lowest BCUT2D eigenvalue weighted by molar-refractivity contribution is 0.0513. The van der Waals surface area contributed by atoms with Gasteiger partial charge >= 0.3 is 5.97 Å². The number of benzene rings is 1. The van der Waals surface area contributed by atoms with Crippen LogP contribution in [0, 0.1) is 6.92 Å². The fourth-order valence-corrected chi connectivity index (χ4v) is 1.97. The maximum atomic E-state index is 11.9. The second kappa shape index (κ2) is 5.54. The first-order valence-electron chi connectivity index (χ1n) is 6.09. The maximum Gasteiger partial charge on any atom is 0.355 e. The number of nitrogens with zero attached hydrogens (tertiary/aromatic N) is 1. The molecule has 0 saturated heterocycles. The van der Waals surface area contributed by atoms with Crippen molar-refractivity contribution in [1.29, 1.82) is 0 Å². The number of aryl methyl sites for hydroxylation is 1. The molecule has 1 aromatic carbocycles. The minimum atomic E-state index is -0.254. The molecule has 0 saturated carbocycles. The van der Waals surface area contributed by atoms with Gasteiger partial charge in [0.1, 0.15) is 5.69 Å². The molecule has 0 bridgehead atoms. The number of rotatable bonds is 4. The van der Waals surface area contributed by atoms with Gasteiger partial charge in [0, 0.05) is 12.7 Å². The van der Waals surface area contributed by atoms with E-state index in [0.29, 0.717) is 18.8 Å². The van der Waals surface area contributed by atoms with Crippen LogP contribution >= 0.6 is 0 Å². The molecule has 0 N–H and O–H groups in total. The van der Waals surface area contributed by atoms with E-state index >= 15 is 0 Å². The lowest BCUT2D eigenvalue weighted by atomic mass is 10.2. The second-order valence-electron chi connectivity index (χ2n) is 4.18. The molecule has 94 valence electrons. The first-order valence-corrected chi connectivity index (χ1v) is 6.09. The molecule has 3 heteroatoms. The van der Waals surface area contributed by atoms with Crippen LogP contribution in [0.4, 0.5) is 0 Å². The van der Waals surface area contributed by atoms with E-state index in [1.54, 1.807) is 0 Å². The van der Waals surface area contributed by atoms with Crippen LogP contribution in [0.5, 0.6) is 0 Å². The average molecular weight is 243 g/mol. The number of carbonyl (C=O) groups is 1. The zero-order valence-electron chi connectivity index (χ0n) is 10.7. The zero-order valence-corrected chi connectivity index (χ0v) is 10.7. The van der Waals surface area contributed by atoms with Crippen LogP contribution in [-0.2, 0) is 11.3 Å². The van der Waals surface area contributed by atoms with Crippen LogP contribution < -0.4 is 0 Å². The van der Waals surface area contributed by atoms with E-state index in [4.69, 9.17) is 4.74 Å². The standard InChI is InChI=1S/C15H17NO2/c1-3-18-15(17)14-12(2)9-10-16(14)11-13-7-5-4-6-8-13/h4-10H,3,11H2,1-2H3. The molecular formula is C15H17NO2. The normalized spacial score (nSPS) is 10.3. The van der Waals surface area contributed by atoms with Gasteiger partial charge in [-0.2, -0.15) is 0 Å². The van der Waals surface area contributed by atoms with Crippen LogP contribution in [0.2, 0.25) is 0 Å². The second-order valence-corrected chi connectivity index (χ2v) is 4.18. The third-order valence-electron chi connectivity index (χ3n) is 2.83. The first-order chi connectivity index (χ1) is 8.72. The number of carbonyl (C=O) groups excluding carboxylic acids is 1. The Morgan fingerprint density at radius 2 is 1.94 bits per heavy atom. The summed E-state index contributed by atoms with van der Waals surface area (Å²) in [6.45, 7) is 4.82. The molecule has 1 heterocycles. The van der Waals surface area contributed by atoms with Gasteiger partial charge in [-0.25, -0.2) is 4.79 Å². The monoisotopic (exact) mass is 243 g/mol. The van der Waals surface area contributed by atoms with Crippen molar-refractivity contribution in [3.8, 4) is 0 Å². The SMILES string of the molecule is CCOC(=O)c1c(C)ccn1Cc1ccccc1. The Bertz CT molecular complexity index is 529. The Hall–Kier alpha value is -2.03. The van der Waals surface area contributed by atoms with E-state index in [2.05, 4.69) is 0 Å². The Balaban J connectivity index is 2.26. The number of hydrogen-bond donors (Lipinski definition) is 0. The van der Waals surface area contributed by atoms with Gasteiger partial charge in [-0.05, 0) is 31.0 Å². The van der Waals surface area contributed by atoms with Crippen LogP contribution in [0.1, 0.15) is 28.5 Å². The van der Waals surface area contributed by atoms with Crippen molar-refractivity contribution in [1.82, 2.24) is 4.57 Å². The van der Waals surface area contributed by atoms with E-state index in [0.717, 1.165) is 5.56 Å². The highest BCUT2D eigenvalue weighted by molar-refractivity contribution is 5.89. The van der Waals surface area contributed by atoms with Crippen LogP contribution in [0.3, 0.4) is 0 Å². The molecule has 0 atom stereocenters. The predicted molar refractivity (Wildman–Crippen MR) is 70.7 cm³/mol. The summed E-state index contributed by atoms with van der Waals surface area (Å²) in [6.07, 6.45) is 1.93. The highest BCUT2D eigenvalue weighted by Crippen LogP contribution is 2.14. The quantitative estimate of drug-likeness (QED) is 0.773. The summed E-state index contributed by atoms with van der Waals surface area (Å²) in [6, 6.07) is 12.0. The van der Waals surface area contributed by atoms with E-state index in [9.17, 15) is 4.79 Å². The minimum Gasteiger partial charge on any atom is -0.461 e. The van der Waals surface area contributed by atoms with Gasteiger partial charge in [0.15, 0.2) is 0 Å². The predicted octanol–water partition coefficient (Wildman–Crippen LogP) is 3.02. The fraction of sp³-hybridized carbons (Fsp3) is 0.267. The minimum absolute atomic E-state index is 0.254. The van der Waals surface area contributed by atoms with Gasteiger partial charge in [-0.3, -0.25) is 0 Å². The first kappa shape index (κ1) is 12.4. The summed E-state index contributed by atoms with van der Waals surface area (Å²) < 4.78 is 7.02. The topological polar surface area (TPSA) is 31.2 Å². The molecule has 1 aromatic heterocycles. The van der Waals surface area contributed by atoms with Crippen molar-refractivity contribution < 1.29 is 9.53 Å². The molecule has 0 spiro atoms. The molecular weight excluding hydrogens is 226 g/mol. The van der Waals surface area contributed by atoms with Crippen molar-refractivity contribution in [2.45, 2.75) is 20.4 Å². The van der Waals surface area contributed by atoms with Crippen molar-refractivity contribution in [3.05, 3.63) is 59.4 Å². The average Bonchev–Trinajstić information content (AvgIpc) is 2.72. The van der Waals surface area contributed by atoms with Crippen molar-refractivity contribution in [2.75, 3.05) is 6.61 Å². The number of esters is 1. The van der Waals surface area contributed by atoms with E-state index in [1.165, 1.54) is 5.56 Å². The molecule has 0 aliphatic heterocycles. The van der Waals surface area contributed by atoms with Gasteiger partial charge in [0.05, 0.1) is 6.61 Å². The van der Waals surface area contributed by atoms with Gasteiger partial charge in [-0.15, -0.1) is 0 Å². The molecule has 2 rings (SSSR count). The lowest BCUT2D eigenvalue weighted by Crippen LogP contribution is -2.13. The van der Waals surface area contributed by atoms with Gasteiger partial charge in [0.25, 0.3) is 0 Å². The van der Waals surface area contributed by atoms with Gasteiger partial charge in [-0.1, -0.05) is 30.3 Å². The van der Waals surface area contributed by atoms with Crippen LogP contribution in [0.15, 0.2) is 42.6 Å². The van der Waals surface area contributed by atoms with Gasteiger partial charge < -0.3 is 9.30 Å². The molecule has 2 aromatic rings. The Kier molecular flexibility index (Phi) is 3.82. The Morgan fingerprint density at radius 1 is 1.22 bits per heavy atom. The summed E-state index contributed by atoms with van der Waals surface area (Å²) in [5, 5.41) is 0. The highest BCUT2D eigenvalue weighted by Gasteiger charge is 2.15. The summed E-state index contributed by atoms with van der Waals surface area (Å²) in [5.41, 5.74) is 2.75. The molecule has 3 nitrogen and oxygen atoms in total. The number of ether oxygens (including phenoxy) is 1. The fourth-order valence-electron chi connectivity index (χ4n) is 1.97. The largest absolute Gasteiger partial charge is 0.461 e. The van der Waals surface area contributed by atoms with E-state index in [-0.39, 0.29) is 5.97 Å². The number of aromatic nitrogens is 1. The van der Waals surface area contributed by atoms with E-state index < -0.39 is 0 Å². The summed E-state index contributed by atoms with van der Waals surface area (Å²) in [7, 11) is 0. The van der Waals surface area contributed by atoms with Crippen LogP contribution in [0.25, 0.3) is 0 Å².